The molecule has 0 nitrogen and oxygen atoms in total. The van der Waals surface area contributed by atoms with Crippen LogP contribution in [0.2, 0.25) is 10.0 Å². The summed E-state index contributed by atoms with van der Waals surface area (Å²) in [6, 6.07) is 7.43. The van der Waals surface area contributed by atoms with Crippen LogP contribution in [0.25, 0.3) is 0 Å². The van der Waals surface area contributed by atoms with Crippen LogP contribution in [0, 0.1) is 0 Å². The van der Waals surface area contributed by atoms with Gasteiger partial charge < -0.3 is 0 Å². The first-order valence-electron chi connectivity index (χ1n) is 4.53. The maximum absolute atomic E-state index is 6.43. The lowest BCUT2D eigenvalue weighted by molar-refractivity contribution is 1.17. The SMILES string of the molecule is Clc1ccc(C(Cl)c2cc(Cl)c(Br)s2)c(Br)c1. The standard InChI is InChI=1S/C11H5Br2Cl3S/c12-7-3-5(14)1-2-6(7)10(16)9-4-8(15)11(13)17-9/h1-4,10H. The van der Waals surface area contributed by atoms with E-state index in [1.54, 1.807) is 0 Å². The van der Waals surface area contributed by atoms with Crippen molar-refractivity contribution in [2.75, 3.05) is 0 Å². The van der Waals surface area contributed by atoms with Crippen LogP contribution in [0.3, 0.4) is 0 Å². The van der Waals surface area contributed by atoms with Crippen molar-refractivity contribution in [2.24, 2.45) is 0 Å². The monoisotopic (exact) mass is 432 g/mol. The second-order valence-electron chi connectivity index (χ2n) is 3.30. The van der Waals surface area contributed by atoms with Gasteiger partial charge in [0, 0.05) is 14.4 Å². The van der Waals surface area contributed by atoms with Crippen LogP contribution < -0.4 is 0 Å². The average Bonchev–Trinajstić information content (AvgIpc) is 2.58. The number of benzene rings is 1. The molecule has 0 N–H and O–H groups in total. The first-order valence-corrected chi connectivity index (χ1v) is 8.12. The van der Waals surface area contributed by atoms with Crippen LogP contribution in [0.5, 0.6) is 0 Å². The lowest BCUT2D eigenvalue weighted by Gasteiger charge is -2.10. The fraction of sp³-hybridized carbons (Fsp3) is 0.0909. The summed E-state index contributed by atoms with van der Waals surface area (Å²) in [5.74, 6) is 0. The minimum Gasteiger partial charge on any atom is -0.130 e. The molecule has 17 heavy (non-hydrogen) atoms. The van der Waals surface area contributed by atoms with Crippen molar-refractivity contribution in [1.82, 2.24) is 0 Å². The van der Waals surface area contributed by atoms with Crippen molar-refractivity contribution in [3.63, 3.8) is 0 Å². The molecule has 2 rings (SSSR count). The lowest BCUT2D eigenvalue weighted by Crippen LogP contribution is -1.91. The first kappa shape index (κ1) is 14.2. The zero-order valence-electron chi connectivity index (χ0n) is 8.18. The third-order valence-corrected chi connectivity index (χ3v) is 6.21. The van der Waals surface area contributed by atoms with E-state index in [0.29, 0.717) is 10.0 Å². The molecule has 0 fully saturated rings. The van der Waals surface area contributed by atoms with Gasteiger partial charge in [-0.2, -0.15) is 0 Å². The van der Waals surface area contributed by atoms with Gasteiger partial charge in [0.25, 0.3) is 0 Å². The van der Waals surface area contributed by atoms with Gasteiger partial charge in [-0.1, -0.05) is 45.2 Å². The molecule has 0 aliphatic rings. The molecule has 1 heterocycles. The molecule has 0 bridgehead atoms. The minimum absolute atomic E-state index is 0.240. The van der Waals surface area contributed by atoms with E-state index >= 15 is 0 Å². The van der Waals surface area contributed by atoms with Gasteiger partial charge in [-0.3, -0.25) is 0 Å². The highest BCUT2D eigenvalue weighted by molar-refractivity contribution is 9.11. The van der Waals surface area contributed by atoms with Gasteiger partial charge in [0.05, 0.1) is 14.2 Å². The topological polar surface area (TPSA) is 0 Å². The number of halogens is 5. The molecule has 1 atom stereocenters. The molecular weight excluding hydrogens is 430 g/mol. The van der Waals surface area contributed by atoms with Crippen molar-refractivity contribution in [3.05, 3.63) is 53.0 Å². The fourth-order valence-corrected chi connectivity index (χ4v) is 4.52. The van der Waals surface area contributed by atoms with Gasteiger partial charge in [0.2, 0.25) is 0 Å². The Kier molecular flexibility index (Phi) is 4.84. The number of hydrogen-bond acceptors (Lipinski definition) is 1. The highest BCUT2D eigenvalue weighted by atomic mass is 79.9. The van der Waals surface area contributed by atoms with Gasteiger partial charge in [0.15, 0.2) is 0 Å². The van der Waals surface area contributed by atoms with Crippen molar-refractivity contribution in [1.29, 1.82) is 0 Å². The van der Waals surface area contributed by atoms with Crippen molar-refractivity contribution in [2.45, 2.75) is 5.38 Å². The number of hydrogen-bond donors (Lipinski definition) is 0. The second kappa shape index (κ2) is 5.81. The van der Waals surface area contributed by atoms with E-state index in [2.05, 4.69) is 31.9 Å². The Morgan fingerprint density at radius 1 is 1.12 bits per heavy atom. The summed E-state index contributed by atoms with van der Waals surface area (Å²) in [6.07, 6.45) is 0. The van der Waals surface area contributed by atoms with Crippen molar-refractivity contribution < 1.29 is 0 Å². The fourth-order valence-electron chi connectivity index (χ4n) is 1.35. The van der Waals surface area contributed by atoms with E-state index in [1.807, 2.05) is 24.3 Å². The van der Waals surface area contributed by atoms with Crippen LogP contribution in [0.4, 0.5) is 0 Å². The molecule has 1 aromatic heterocycles. The predicted molar refractivity (Wildman–Crippen MR) is 83.9 cm³/mol. The average molecular weight is 435 g/mol. The molecule has 0 aliphatic carbocycles. The molecule has 90 valence electrons. The second-order valence-corrected chi connectivity index (χ2v) is 7.83. The Balaban J connectivity index is 2.39. The maximum Gasteiger partial charge on any atom is 0.0939 e. The smallest absolute Gasteiger partial charge is 0.0939 e. The molecular formula is C11H5Br2Cl3S. The molecule has 0 aliphatic heterocycles. The highest BCUT2D eigenvalue weighted by Gasteiger charge is 2.17. The Labute approximate surface area is 135 Å². The summed E-state index contributed by atoms with van der Waals surface area (Å²) in [5, 5.41) is 1.12. The van der Waals surface area contributed by atoms with Crippen LogP contribution in [-0.4, -0.2) is 0 Å². The summed E-state index contributed by atoms with van der Waals surface area (Å²) < 4.78 is 1.79. The molecule has 0 spiro atoms. The van der Waals surface area contributed by atoms with Crippen LogP contribution in [0.15, 0.2) is 32.5 Å². The molecule has 0 saturated carbocycles. The van der Waals surface area contributed by atoms with E-state index in [-0.39, 0.29) is 5.38 Å². The molecule has 6 heteroatoms. The molecule has 2 aromatic rings. The zero-order chi connectivity index (χ0) is 12.6. The van der Waals surface area contributed by atoms with Crippen molar-refractivity contribution in [3.8, 4) is 0 Å². The summed E-state index contributed by atoms with van der Waals surface area (Å²) in [5.41, 5.74) is 0.974. The normalized spacial score (nSPS) is 12.8. The zero-order valence-corrected chi connectivity index (χ0v) is 14.4. The van der Waals surface area contributed by atoms with E-state index in [1.165, 1.54) is 11.3 Å². The van der Waals surface area contributed by atoms with Crippen molar-refractivity contribution >= 4 is 78.0 Å². The van der Waals surface area contributed by atoms with E-state index in [4.69, 9.17) is 34.8 Å². The van der Waals surface area contributed by atoms with Gasteiger partial charge >= 0.3 is 0 Å². The third-order valence-electron chi connectivity index (χ3n) is 2.15. The first-order chi connectivity index (χ1) is 7.99. The van der Waals surface area contributed by atoms with Crippen LogP contribution in [0.1, 0.15) is 15.8 Å². The highest BCUT2D eigenvalue weighted by Crippen LogP contribution is 2.42. The molecule has 0 saturated heterocycles. The molecule has 1 unspecified atom stereocenters. The quantitative estimate of drug-likeness (QED) is 0.450. The lowest BCUT2D eigenvalue weighted by atomic mass is 10.1. The van der Waals surface area contributed by atoms with Crippen LogP contribution >= 0.6 is 78.0 Å². The van der Waals surface area contributed by atoms with Crippen LogP contribution in [-0.2, 0) is 0 Å². The van der Waals surface area contributed by atoms with E-state index in [9.17, 15) is 0 Å². The summed E-state index contributed by atoms with van der Waals surface area (Å²) >= 11 is 26.7. The van der Waals surface area contributed by atoms with Gasteiger partial charge in [-0.05, 0) is 39.7 Å². The van der Waals surface area contributed by atoms with Gasteiger partial charge in [-0.15, -0.1) is 22.9 Å². The Morgan fingerprint density at radius 3 is 2.35 bits per heavy atom. The maximum atomic E-state index is 6.43. The summed E-state index contributed by atoms with van der Waals surface area (Å²) in [7, 11) is 0. The Hall–Kier alpha value is 0.750. The number of rotatable bonds is 2. The number of thiophene rings is 1. The Morgan fingerprint density at radius 2 is 1.82 bits per heavy atom. The van der Waals surface area contributed by atoms with Gasteiger partial charge in [0.1, 0.15) is 0 Å². The number of alkyl halides is 1. The van der Waals surface area contributed by atoms with E-state index in [0.717, 1.165) is 18.7 Å². The molecule has 1 aromatic carbocycles. The predicted octanol–water partition coefficient (Wildman–Crippen LogP) is 6.91. The van der Waals surface area contributed by atoms with E-state index < -0.39 is 0 Å². The molecule has 0 radical (unpaired) electrons. The van der Waals surface area contributed by atoms with Gasteiger partial charge in [-0.25, -0.2) is 0 Å². The largest absolute Gasteiger partial charge is 0.130 e. The summed E-state index contributed by atoms with van der Waals surface area (Å²) in [6.45, 7) is 0. The minimum atomic E-state index is -0.240. The molecule has 0 amide bonds. The third kappa shape index (κ3) is 3.20. The Bertz CT molecular complexity index is 534. The summed E-state index contributed by atoms with van der Waals surface area (Å²) in [4.78, 5) is 0.992.